The minimum absolute atomic E-state index is 0.112. The van der Waals surface area contributed by atoms with Crippen LogP contribution in [0.4, 0.5) is 5.69 Å². The maximum absolute atomic E-state index is 11.7. The van der Waals surface area contributed by atoms with E-state index in [0.29, 0.717) is 23.1 Å². The third kappa shape index (κ3) is 1.90. The van der Waals surface area contributed by atoms with Gasteiger partial charge in [0, 0.05) is 30.7 Å². The number of fused-ring (bicyclic) bond motifs is 2. The monoisotopic (exact) mass is 314 g/mol. The lowest BCUT2D eigenvalue weighted by Crippen LogP contribution is -2.36. The number of halogens is 2. The van der Waals surface area contributed by atoms with Crippen LogP contribution in [0.5, 0.6) is 0 Å². The van der Waals surface area contributed by atoms with E-state index in [1.165, 1.54) is 0 Å². The minimum atomic E-state index is -0.434. The molecule has 0 aliphatic carbocycles. The molecule has 1 aromatic carbocycles. The Kier molecular flexibility index (Phi) is 3.35. The molecule has 1 fully saturated rings. The van der Waals surface area contributed by atoms with Crippen LogP contribution in [0, 0.1) is 6.92 Å². The second kappa shape index (κ2) is 4.79. The van der Waals surface area contributed by atoms with E-state index >= 15 is 0 Å². The number of aliphatic hydroxyl groups excluding tert-OH is 1. The SMILES string of the molecule is Cc1c(Cl)c(Cl)cc2c1NC[C@@]21CCN(C(=O)CO)C1. The number of likely N-dealkylation sites (tertiary alicyclic amines) is 1. The molecule has 2 aliphatic rings. The van der Waals surface area contributed by atoms with Crippen molar-refractivity contribution in [2.24, 2.45) is 0 Å². The molecule has 2 aliphatic heterocycles. The molecule has 6 heteroatoms. The van der Waals surface area contributed by atoms with Gasteiger partial charge < -0.3 is 15.3 Å². The molecule has 1 saturated heterocycles. The number of amides is 1. The molecule has 1 amide bonds. The van der Waals surface area contributed by atoms with Crippen LogP contribution >= 0.6 is 23.2 Å². The van der Waals surface area contributed by atoms with Gasteiger partial charge in [0.05, 0.1) is 10.0 Å². The van der Waals surface area contributed by atoms with Gasteiger partial charge in [-0.05, 0) is 30.5 Å². The van der Waals surface area contributed by atoms with Gasteiger partial charge in [0.25, 0.3) is 0 Å². The summed E-state index contributed by atoms with van der Waals surface area (Å²) in [5, 5.41) is 13.5. The molecule has 1 spiro atoms. The van der Waals surface area contributed by atoms with E-state index in [1.807, 2.05) is 13.0 Å². The molecule has 2 heterocycles. The van der Waals surface area contributed by atoms with Crippen LogP contribution in [0.2, 0.25) is 10.0 Å². The van der Waals surface area contributed by atoms with Crippen LogP contribution < -0.4 is 5.32 Å². The van der Waals surface area contributed by atoms with Crippen molar-refractivity contribution in [3.8, 4) is 0 Å². The number of nitrogens with one attached hydrogen (secondary N) is 1. The van der Waals surface area contributed by atoms with Crippen LogP contribution in [-0.2, 0) is 10.2 Å². The van der Waals surface area contributed by atoms with Crippen LogP contribution in [0.15, 0.2) is 6.07 Å². The summed E-state index contributed by atoms with van der Waals surface area (Å²) in [4.78, 5) is 13.4. The number of carbonyl (C=O) groups excluding carboxylic acids is 1. The molecule has 108 valence electrons. The third-order valence-electron chi connectivity index (χ3n) is 4.47. The summed E-state index contributed by atoms with van der Waals surface area (Å²) in [5.74, 6) is -0.216. The molecule has 2 N–H and O–H groups in total. The van der Waals surface area contributed by atoms with Crippen molar-refractivity contribution in [3.05, 3.63) is 27.2 Å². The van der Waals surface area contributed by atoms with E-state index in [-0.39, 0.29) is 11.3 Å². The van der Waals surface area contributed by atoms with E-state index in [4.69, 9.17) is 28.3 Å². The van der Waals surface area contributed by atoms with E-state index < -0.39 is 6.61 Å². The zero-order valence-corrected chi connectivity index (χ0v) is 12.7. The summed E-state index contributed by atoms with van der Waals surface area (Å²) in [5.41, 5.74) is 3.02. The summed E-state index contributed by atoms with van der Waals surface area (Å²) in [6.07, 6.45) is 0.871. The Labute approximate surface area is 127 Å². The molecule has 20 heavy (non-hydrogen) atoms. The largest absolute Gasteiger partial charge is 0.387 e. The first-order chi connectivity index (χ1) is 9.48. The van der Waals surface area contributed by atoms with Gasteiger partial charge >= 0.3 is 0 Å². The van der Waals surface area contributed by atoms with Gasteiger partial charge in [0.2, 0.25) is 5.91 Å². The molecular weight excluding hydrogens is 299 g/mol. The topological polar surface area (TPSA) is 52.6 Å². The number of anilines is 1. The number of nitrogens with zero attached hydrogens (tertiary/aromatic N) is 1. The second-order valence-electron chi connectivity index (χ2n) is 5.58. The molecule has 0 unspecified atom stereocenters. The summed E-state index contributed by atoms with van der Waals surface area (Å²) in [6.45, 7) is 3.57. The molecule has 0 bridgehead atoms. The van der Waals surface area contributed by atoms with Gasteiger partial charge in [-0.3, -0.25) is 4.79 Å². The van der Waals surface area contributed by atoms with Gasteiger partial charge in [-0.1, -0.05) is 23.2 Å². The highest BCUT2D eigenvalue weighted by atomic mass is 35.5. The zero-order valence-electron chi connectivity index (χ0n) is 11.2. The predicted octanol–water partition coefficient (Wildman–Crippen LogP) is 2.19. The Morgan fingerprint density at radius 3 is 3.00 bits per heavy atom. The highest BCUT2D eigenvalue weighted by Crippen LogP contribution is 2.48. The number of hydrogen-bond donors (Lipinski definition) is 2. The van der Waals surface area contributed by atoms with Crippen molar-refractivity contribution in [1.82, 2.24) is 4.90 Å². The Balaban J connectivity index is 2.00. The number of rotatable bonds is 1. The highest BCUT2D eigenvalue weighted by Gasteiger charge is 2.46. The molecule has 0 aromatic heterocycles. The predicted molar refractivity (Wildman–Crippen MR) is 79.6 cm³/mol. The summed E-state index contributed by atoms with van der Waals surface area (Å²) in [7, 11) is 0. The lowest BCUT2D eigenvalue weighted by Gasteiger charge is -2.24. The average molecular weight is 315 g/mol. The fourth-order valence-corrected chi connectivity index (χ4v) is 3.70. The van der Waals surface area contributed by atoms with Crippen molar-refractivity contribution < 1.29 is 9.90 Å². The fourth-order valence-electron chi connectivity index (χ4n) is 3.30. The number of aliphatic hydroxyl groups is 1. The first-order valence-electron chi connectivity index (χ1n) is 6.60. The second-order valence-corrected chi connectivity index (χ2v) is 6.36. The Bertz CT molecular complexity index is 591. The van der Waals surface area contributed by atoms with Crippen molar-refractivity contribution in [2.75, 3.05) is 31.6 Å². The zero-order chi connectivity index (χ0) is 14.5. The fraction of sp³-hybridized carbons (Fsp3) is 0.500. The van der Waals surface area contributed by atoms with E-state index in [2.05, 4.69) is 5.32 Å². The van der Waals surface area contributed by atoms with Crippen molar-refractivity contribution in [1.29, 1.82) is 0 Å². The van der Waals surface area contributed by atoms with Crippen molar-refractivity contribution in [3.63, 3.8) is 0 Å². The van der Waals surface area contributed by atoms with E-state index in [0.717, 1.165) is 29.8 Å². The van der Waals surface area contributed by atoms with Crippen LogP contribution in [0.3, 0.4) is 0 Å². The van der Waals surface area contributed by atoms with Gasteiger partial charge in [0.15, 0.2) is 0 Å². The van der Waals surface area contributed by atoms with E-state index in [9.17, 15) is 4.79 Å². The maximum Gasteiger partial charge on any atom is 0.248 e. The molecule has 1 aromatic rings. The quantitative estimate of drug-likeness (QED) is 0.835. The molecule has 0 radical (unpaired) electrons. The Morgan fingerprint density at radius 1 is 1.55 bits per heavy atom. The number of hydrogen-bond acceptors (Lipinski definition) is 3. The van der Waals surface area contributed by atoms with Crippen molar-refractivity contribution >= 4 is 34.8 Å². The maximum atomic E-state index is 11.7. The minimum Gasteiger partial charge on any atom is -0.387 e. The number of benzene rings is 1. The van der Waals surface area contributed by atoms with Crippen LogP contribution in [-0.4, -0.2) is 42.2 Å². The van der Waals surface area contributed by atoms with Gasteiger partial charge in [0.1, 0.15) is 6.61 Å². The first-order valence-corrected chi connectivity index (χ1v) is 7.36. The third-order valence-corrected chi connectivity index (χ3v) is 5.35. The van der Waals surface area contributed by atoms with E-state index in [1.54, 1.807) is 4.90 Å². The lowest BCUT2D eigenvalue weighted by atomic mass is 9.81. The molecule has 1 atom stereocenters. The number of carbonyl (C=O) groups is 1. The summed E-state index contributed by atoms with van der Waals surface area (Å²) in [6, 6.07) is 1.92. The smallest absolute Gasteiger partial charge is 0.248 e. The molecule has 4 nitrogen and oxygen atoms in total. The Morgan fingerprint density at radius 2 is 2.30 bits per heavy atom. The van der Waals surface area contributed by atoms with Gasteiger partial charge in [-0.2, -0.15) is 0 Å². The van der Waals surface area contributed by atoms with Gasteiger partial charge in [-0.15, -0.1) is 0 Å². The Hall–Kier alpha value is -0.970. The van der Waals surface area contributed by atoms with Crippen molar-refractivity contribution in [2.45, 2.75) is 18.8 Å². The van der Waals surface area contributed by atoms with Crippen LogP contribution in [0.25, 0.3) is 0 Å². The highest BCUT2D eigenvalue weighted by molar-refractivity contribution is 6.42. The molecule has 3 rings (SSSR count). The summed E-state index contributed by atoms with van der Waals surface area (Å²) >= 11 is 12.4. The average Bonchev–Trinajstić information content (AvgIpc) is 3.02. The normalized spacial score (nSPS) is 24.1. The summed E-state index contributed by atoms with van der Waals surface area (Å²) < 4.78 is 0. The molecular formula is C14H16Cl2N2O2. The standard InChI is InChI=1S/C14H16Cl2N2O2/c1-8-12(16)10(15)4-9-13(8)17-6-14(9)2-3-18(7-14)11(20)5-19/h4,17,19H,2-3,5-7H2,1H3/t14-/m1/s1. The van der Waals surface area contributed by atoms with Gasteiger partial charge in [-0.25, -0.2) is 0 Å². The first kappa shape index (κ1) is 14.0. The lowest BCUT2D eigenvalue weighted by molar-refractivity contribution is -0.133. The molecule has 0 saturated carbocycles. The van der Waals surface area contributed by atoms with Crippen LogP contribution in [0.1, 0.15) is 17.5 Å².